The lowest BCUT2D eigenvalue weighted by Crippen LogP contribution is -2.35. The average molecular weight is 474 g/mol. The lowest BCUT2D eigenvalue weighted by molar-refractivity contribution is -0.114. The zero-order valence-corrected chi connectivity index (χ0v) is 19.3. The van der Waals surface area contributed by atoms with E-state index in [0.29, 0.717) is 16.0 Å². The molecule has 1 amide bonds. The van der Waals surface area contributed by atoms with E-state index >= 15 is 0 Å². The first-order chi connectivity index (χ1) is 16.4. The standard InChI is InChI=1S/C25H20FN5O2S/c1-15-12-17(16(2)30(15)19-10-8-18(26)9-11-19)13-21-23(27)31-25(28-24(21)32)34-22(29-31)14-33-20-6-4-3-5-7-20/h3-13,27H,14H2,1-2H3. The minimum Gasteiger partial charge on any atom is -0.487 e. The lowest BCUT2D eigenvalue weighted by Gasteiger charge is -2.20. The maximum atomic E-state index is 13.4. The van der Waals surface area contributed by atoms with Gasteiger partial charge in [0.05, 0.1) is 5.57 Å². The van der Waals surface area contributed by atoms with E-state index in [2.05, 4.69) is 10.1 Å². The number of nitrogens with zero attached hydrogens (tertiary/aromatic N) is 4. The monoisotopic (exact) mass is 473 g/mol. The second kappa shape index (κ2) is 8.75. The Bertz CT molecular complexity index is 1390. The van der Waals surface area contributed by atoms with Crippen molar-refractivity contribution in [1.29, 1.82) is 5.41 Å². The van der Waals surface area contributed by atoms with Gasteiger partial charge in [0.15, 0.2) is 5.84 Å². The highest BCUT2D eigenvalue weighted by Gasteiger charge is 2.36. The van der Waals surface area contributed by atoms with E-state index in [4.69, 9.17) is 10.1 Å². The molecule has 1 aromatic heterocycles. The summed E-state index contributed by atoms with van der Waals surface area (Å²) < 4.78 is 21.1. The van der Waals surface area contributed by atoms with Gasteiger partial charge in [-0.25, -0.2) is 4.39 Å². The molecule has 0 spiro atoms. The van der Waals surface area contributed by atoms with Gasteiger partial charge < -0.3 is 9.30 Å². The van der Waals surface area contributed by atoms with Gasteiger partial charge in [-0.3, -0.25) is 10.2 Å². The Morgan fingerprint density at radius 3 is 2.59 bits per heavy atom. The van der Waals surface area contributed by atoms with Gasteiger partial charge in [-0.15, -0.1) is 0 Å². The zero-order chi connectivity index (χ0) is 23.8. The second-order valence-corrected chi connectivity index (χ2v) is 8.79. The van der Waals surface area contributed by atoms with E-state index in [1.54, 1.807) is 18.2 Å². The van der Waals surface area contributed by atoms with Crippen LogP contribution in [0, 0.1) is 25.1 Å². The van der Waals surface area contributed by atoms with Crippen molar-refractivity contribution in [3.8, 4) is 11.4 Å². The molecule has 0 unspecified atom stereocenters. The number of ether oxygens (including phenoxy) is 1. The maximum Gasteiger partial charge on any atom is 0.283 e. The van der Waals surface area contributed by atoms with Crippen LogP contribution in [0.15, 0.2) is 76.3 Å². The molecule has 0 fully saturated rings. The second-order valence-electron chi connectivity index (χ2n) is 7.75. The Balaban J connectivity index is 1.41. The summed E-state index contributed by atoms with van der Waals surface area (Å²) in [5.41, 5.74) is 3.53. The van der Waals surface area contributed by atoms with Gasteiger partial charge in [-0.2, -0.15) is 15.1 Å². The van der Waals surface area contributed by atoms with Gasteiger partial charge in [0.1, 0.15) is 23.2 Å². The minimum absolute atomic E-state index is 0.0382. The van der Waals surface area contributed by atoms with Crippen molar-refractivity contribution in [3.05, 3.63) is 89.0 Å². The van der Waals surface area contributed by atoms with Gasteiger partial charge >= 0.3 is 0 Å². The molecule has 2 aromatic carbocycles. The summed E-state index contributed by atoms with van der Waals surface area (Å²) in [6.45, 7) is 4.06. The van der Waals surface area contributed by atoms with Crippen LogP contribution >= 0.6 is 11.8 Å². The molecule has 3 heterocycles. The number of para-hydroxylation sites is 1. The highest BCUT2D eigenvalue weighted by atomic mass is 32.2. The topological polar surface area (TPSA) is 83.0 Å². The molecule has 1 N–H and O–H groups in total. The molecule has 170 valence electrons. The molecule has 0 saturated heterocycles. The smallest absolute Gasteiger partial charge is 0.283 e. The van der Waals surface area contributed by atoms with Crippen LogP contribution in [0.3, 0.4) is 0 Å². The number of halogens is 1. The molecule has 7 nitrogen and oxygen atoms in total. The van der Waals surface area contributed by atoms with E-state index in [-0.39, 0.29) is 23.8 Å². The van der Waals surface area contributed by atoms with Crippen LogP contribution in [0.2, 0.25) is 0 Å². The molecule has 0 radical (unpaired) electrons. The number of fused-ring (bicyclic) bond motifs is 1. The quantitative estimate of drug-likeness (QED) is 0.533. The molecular formula is C25H20FN5O2S. The predicted octanol–water partition coefficient (Wildman–Crippen LogP) is 4.93. The number of hydrazone groups is 1. The van der Waals surface area contributed by atoms with Gasteiger partial charge in [-0.05, 0) is 79.7 Å². The first kappa shape index (κ1) is 21.8. The zero-order valence-electron chi connectivity index (χ0n) is 18.4. The van der Waals surface area contributed by atoms with Crippen molar-refractivity contribution in [2.75, 3.05) is 6.61 Å². The van der Waals surface area contributed by atoms with Crippen molar-refractivity contribution in [3.63, 3.8) is 0 Å². The van der Waals surface area contributed by atoms with Crippen molar-refractivity contribution in [1.82, 2.24) is 9.58 Å². The number of amides is 1. The van der Waals surface area contributed by atoms with Crippen LogP contribution in [-0.4, -0.2) is 38.1 Å². The van der Waals surface area contributed by atoms with E-state index in [1.807, 2.05) is 54.8 Å². The first-order valence-corrected chi connectivity index (χ1v) is 11.3. The molecule has 0 aliphatic carbocycles. The number of rotatable bonds is 5. The Kier molecular flexibility index (Phi) is 5.62. The first-order valence-electron chi connectivity index (χ1n) is 10.5. The Hall–Kier alpha value is -3.98. The molecule has 3 aromatic rings. The van der Waals surface area contributed by atoms with Crippen LogP contribution in [0.5, 0.6) is 5.75 Å². The number of nitrogens with one attached hydrogen (secondary N) is 1. The third kappa shape index (κ3) is 4.06. The molecule has 0 atom stereocenters. The summed E-state index contributed by atoms with van der Waals surface area (Å²) in [5.74, 6) is -0.124. The van der Waals surface area contributed by atoms with Gasteiger partial charge in [0.25, 0.3) is 5.91 Å². The number of carbonyl (C=O) groups excluding carboxylic acids is 1. The predicted molar refractivity (Wildman–Crippen MR) is 132 cm³/mol. The summed E-state index contributed by atoms with van der Waals surface area (Å²) in [7, 11) is 0. The molecular weight excluding hydrogens is 453 g/mol. The Morgan fingerprint density at radius 1 is 1.12 bits per heavy atom. The number of carbonyl (C=O) groups is 1. The van der Waals surface area contributed by atoms with Crippen LogP contribution in [0.1, 0.15) is 17.0 Å². The number of hydrogen-bond acceptors (Lipinski definition) is 5. The van der Waals surface area contributed by atoms with Crippen LogP contribution < -0.4 is 4.74 Å². The Morgan fingerprint density at radius 2 is 1.85 bits per heavy atom. The number of amidine groups is 2. The molecule has 34 heavy (non-hydrogen) atoms. The summed E-state index contributed by atoms with van der Waals surface area (Å²) in [5, 5.41) is 15.3. The number of benzene rings is 2. The summed E-state index contributed by atoms with van der Waals surface area (Å²) in [6.07, 6.45) is 1.66. The fraction of sp³-hybridized carbons (Fsp3) is 0.120. The maximum absolute atomic E-state index is 13.4. The molecule has 2 aliphatic rings. The van der Waals surface area contributed by atoms with Crippen LogP contribution in [-0.2, 0) is 4.79 Å². The fourth-order valence-corrected chi connectivity index (χ4v) is 4.63. The van der Waals surface area contributed by atoms with Crippen molar-refractivity contribution in [2.24, 2.45) is 10.1 Å². The Labute approximate surface area is 199 Å². The van der Waals surface area contributed by atoms with E-state index < -0.39 is 5.91 Å². The van der Waals surface area contributed by atoms with Gasteiger partial charge in [0.2, 0.25) is 5.17 Å². The van der Waals surface area contributed by atoms with E-state index in [9.17, 15) is 9.18 Å². The molecule has 0 bridgehead atoms. The number of aliphatic imine (C=N–C) groups is 1. The largest absolute Gasteiger partial charge is 0.487 e. The minimum atomic E-state index is -0.490. The number of hydrogen-bond donors (Lipinski definition) is 1. The third-order valence-corrected chi connectivity index (χ3v) is 6.34. The molecule has 0 saturated carbocycles. The molecule has 2 aliphatic heterocycles. The summed E-state index contributed by atoms with van der Waals surface area (Å²) in [6, 6.07) is 17.5. The number of thioether (sulfide) groups is 1. The number of aromatic nitrogens is 1. The average Bonchev–Trinajstić information content (AvgIpc) is 3.36. The van der Waals surface area contributed by atoms with Crippen molar-refractivity contribution in [2.45, 2.75) is 13.8 Å². The van der Waals surface area contributed by atoms with Crippen LogP contribution in [0.25, 0.3) is 11.8 Å². The molecule has 9 heteroatoms. The third-order valence-electron chi connectivity index (χ3n) is 5.46. The van der Waals surface area contributed by atoms with Crippen molar-refractivity contribution < 1.29 is 13.9 Å². The van der Waals surface area contributed by atoms with E-state index in [1.165, 1.54) is 28.9 Å². The SMILES string of the molecule is Cc1cc(C=C2C(=N)N3N=C(COc4ccccc4)SC3=NC2=O)c(C)n1-c1ccc(F)cc1. The van der Waals surface area contributed by atoms with Crippen molar-refractivity contribution >= 4 is 39.8 Å². The number of aryl methyl sites for hydroxylation is 1. The highest BCUT2D eigenvalue weighted by Crippen LogP contribution is 2.30. The highest BCUT2D eigenvalue weighted by molar-refractivity contribution is 8.27. The fourth-order valence-electron chi connectivity index (χ4n) is 3.83. The van der Waals surface area contributed by atoms with Gasteiger partial charge in [0, 0.05) is 17.1 Å². The normalized spacial score (nSPS) is 16.6. The van der Waals surface area contributed by atoms with E-state index in [0.717, 1.165) is 22.6 Å². The van der Waals surface area contributed by atoms with Crippen LogP contribution in [0.4, 0.5) is 4.39 Å². The molecule has 5 rings (SSSR count). The summed E-state index contributed by atoms with van der Waals surface area (Å²) >= 11 is 1.22. The van der Waals surface area contributed by atoms with Gasteiger partial charge in [-0.1, -0.05) is 18.2 Å². The summed E-state index contributed by atoms with van der Waals surface area (Å²) in [4.78, 5) is 16.9. The lowest BCUT2D eigenvalue weighted by atomic mass is 10.1.